The summed E-state index contributed by atoms with van der Waals surface area (Å²) in [5.74, 6) is -0.521. The minimum Gasteiger partial charge on any atom is -0.443 e. The summed E-state index contributed by atoms with van der Waals surface area (Å²) in [7, 11) is 3.11. The summed E-state index contributed by atoms with van der Waals surface area (Å²) in [6, 6.07) is 0. The van der Waals surface area contributed by atoms with Crippen LogP contribution in [0.3, 0.4) is 0 Å². The van der Waals surface area contributed by atoms with Gasteiger partial charge in [0.15, 0.2) is 17.2 Å². The molecule has 0 spiro atoms. The molecule has 1 aliphatic rings. The number of amides is 1. The van der Waals surface area contributed by atoms with Crippen molar-refractivity contribution in [3.05, 3.63) is 32.7 Å². The van der Waals surface area contributed by atoms with Crippen LogP contribution in [0.25, 0.3) is 0 Å². The molecule has 0 saturated heterocycles. The summed E-state index contributed by atoms with van der Waals surface area (Å²) in [6.07, 6.45) is 1.16. The van der Waals surface area contributed by atoms with E-state index in [0.29, 0.717) is 0 Å². The Morgan fingerprint density at radius 1 is 1.14 bits per heavy atom. The van der Waals surface area contributed by atoms with Crippen molar-refractivity contribution in [1.29, 1.82) is 0 Å². The summed E-state index contributed by atoms with van der Waals surface area (Å²) >= 11 is 0. The number of nitrogens with zero attached hydrogens (tertiary/aromatic N) is 3. The van der Waals surface area contributed by atoms with E-state index in [-0.39, 0.29) is 28.7 Å². The van der Waals surface area contributed by atoms with E-state index >= 15 is 0 Å². The number of hydrogen-bond acceptors (Lipinski definition) is 7. The molecule has 0 saturated carbocycles. The third-order valence-corrected chi connectivity index (χ3v) is 2.81. The fraction of sp³-hybridized carbons (Fsp3) is 0.182. The molecule has 0 atom stereocenters. The average Bonchev–Trinajstić information content (AvgIpc) is 2.48. The van der Waals surface area contributed by atoms with Gasteiger partial charge >= 0.3 is 5.56 Å². The highest BCUT2D eigenvalue weighted by Crippen LogP contribution is 2.38. The van der Waals surface area contributed by atoms with Gasteiger partial charge < -0.3 is 15.0 Å². The molecule has 10 nitrogen and oxygen atoms in total. The molecule has 2 aromatic heterocycles. The maximum Gasteiger partial charge on any atom is 0.307 e. The largest absolute Gasteiger partial charge is 0.443 e. The molecule has 1 aliphatic heterocycles. The number of hydrogen-bond donors (Lipinski definition) is 3. The summed E-state index contributed by atoms with van der Waals surface area (Å²) in [6.45, 7) is 0. The molecule has 0 aromatic carbocycles. The second-order valence-electron chi connectivity index (χ2n) is 4.44. The Kier molecular flexibility index (Phi) is 2.71. The van der Waals surface area contributed by atoms with Crippen LogP contribution in [-0.4, -0.2) is 45.1 Å². The zero-order valence-electron chi connectivity index (χ0n) is 11.1. The van der Waals surface area contributed by atoms with Crippen LogP contribution in [0.1, 0.15) is 10.5 Å². The van der Waals surface area contributed by atoms with E-state index in [1.54, 1.807) is 14.1 Å². The van der Waals surface area contributed by atoms with Crippen molar-refractivity contribution in [2.45, 2.75) is 0 Å². The number of H-pyrrole nitrogens is 2. The van der Waals surface area contributed by atoms with E-state index in [1.807, 2.05) is 0 Å². The Morgan fingerprint density at radius 2 is 1.86 bits per heavy atom. The van der Waals surface area contributed by atoms with E-state index in [4.69, 9.17) is 4.74 Å². The van der Waals surface area contributed by atoms with Gasteiger partial charge in [0.25, 0.3) is 11.5 Å². The van der Waals surface area contributed by atoms with Gasteiger partial charge in [-0.1, -0.05) is 0 Å². The molecule has 0 bridgehead atoms. The number of anilines is 2. The number of rotatable bonds is 1. The number of carbonyl (C=O) groups excluding carboxylic acids is 1. The minimum atomic E-state index is -0.644. The highest BCUT2D eigenvalue weighted by atomic mass is 16.5. The zero-order valence-corrected chi connectivity index (χ0v) is 11.1. The normalized spacial score (nSPS) is 11.7. The van der Waals surface area contributed by atoms with Gasteiger partial charge in [-0.25, -0.2) is 9.97 Å². The van der Waals surface area contributed by atoms with E-state index in [2.05, 4.69) is 25.5 Å². The van der Waals surface area contributed by atoms with Crippen molar-refractivity contribution in [2.75, 3.05) is 19.4 Å². The van der Waals surface area contributed by atoms with Crippen LogP contribution in [-0.2, 0) is 0 Å². The van der Waals surface area contributed by atoms with Crippen molar-refractivity contribution >= 4 is 17.4 Å². The molecule has 0 radical (unpaired) electrons. The fourth-order valence-electron chi connectivity index (χ4n) is 1.80. The van der Waals surface area contributed by atoms with Crippen LogP contribution < -0.4 is 21.2 Å². The molecule has 10 heteroatoms. The van der Waals surface area contributed by atoms with Crippen LogP contribution in [0.5, 0.6) is 11.5 Å². The standard InChI is InChI=1S/C11H10N6O4/c1-17(2)11(20)5-6-8(13-3-12-5)14-4-7(21-6)10(19)16-15-9(4)18/h3H,1-2H3,(H,15,18)(H,16,19)(H,12,13,14). The first kappa shape index (κ1) is 12.8. The van der Waals surface area contributed by atoms with Gasteiger partial charge in [0.05, 0.1) is 0 Å². The van der Waals surface area contributed by atoms with E-state index in [9.17, 15) is 14.4 Å². The summed E-state index contributed by atoms with van der Waals surface area (Å²) in [4.78, 5) is 44.5. The van der Waals surface area contributed by atoms with Crippen LogP contribution in [0, 0.1) is 0 Å². The van der Waals surface area contributed by atoms with Gasteiger partial charge in [-0.2, -0.15) is 0 Å². The average molecular weight is 290 g/mol. The highest BCUT2D eigenvalue weighted by molar-refractivity contribution is 5.97. The number of carbonyl (C=O) groups is 1. The second kappa shape index (κ2) is 4.44. The molecular formula is C11H10N6O4. The molecular weight excluding hydrogens is 280 g/mol. The topological polar surface area (TPSA) is 133 Å². The number of aromatic nitrogens is 4. The molecule has 0 fully saturated rings. The first-order chi connectivity index (χ1) is 9.99. The number of aromatic amines is 2. The first-order valence-corrected chi connectivity index (χ1v) is 5.85. The molecule has 0 unspecified atom stereocenters. The summed E-state index contributed by atoms with van der Waals surface area (Å²) in [5, 5.41) is 6.97. The first-order valence-electron chi connectivity index (χ1n) is 5.85. The highest BCUT2D eigenvalue weighted by Gasteiger charge is 2.29. The molecule has 108 valence electrons. The molecule has 3 rings (SSSR count). The third-order valence-electron chi connectivity index (χ3n) is 2.81. The number of ether oxygens (including phenoxy) is 1. The number of fused-ring (bicyclic) bond motifs is 2. The molecule has 0 aliphatic carbocycles. The second-order valence-corrected chi connectivity index (χ2v) is 4.44. The zero-order chi connectivity index (χ0) is 15.1. The lowest BCUT2D eigenvalue weighted by Gasteiger charge is -2.21. The smallest absolute Gasteiger partial charge is 0.307 e. The molecule has 1 amide bonds. The van der Waals surface area contributed by atoms with Gasteiger partial charge in [0.2, 0.25) is 11.5 Å². The molecule has 3 N–H and O–H groups in total. The Morgan fingerprint density at radius 3 is 2.57 bits per heavy atom. The Balaban J connectivity index is 2.19. The van der Waals surface area contributed by atoms with Crippen molar-refractivity contribution in [2.24, 2.45) is 0 Å². The monoisotopic (exact) mass is 290 g/mol. The van der Waals surface area contributed by atoms with E-state index < -0.39 is 17.0 Å². The summed E-state index contributed by atoms with van der Waals surface area (Å²) in [5.41, 5.74) is -1.31. The molecule has 3 heterocycles. The Labute approximate surface area is 116 Å². The quantitative estimate of drug-likeness (QED) is 0.545. The van der Waals surface area contributed by atoms with Crippen molar-refractivity contribution in [3.8, 4) is 11.5 Å². The minimum absolute atomic E-state index is 0.000185. The Hall–Kier alpha value is -3.17. The fourth-order valence-corrected chi connectivity index (χ4v) is 1.80. The van der Waals surface area contributed by atoms with Crippen LogP contribution in [0.4, 0.5) is 11.5 Å². The third kappa shape index (κ3) is 1.93. The van der Waals surface area contributed by atoms with Gasteiger partial charge in [-0.15, -0.1) is 0 Å². The predicted octanol–water partition coefficient (Wildman–Crippen LogP) is -0.596. The SMILES string of the molecule is CN(C)C(=O)c1ncnc2c1Oc1c(c(=O)[nH][nH]c1=O)N2. The lowest BCUT2D eigenvalue weighted by molar-refractivity contribution is 0.0819. The number of nitrogens with one attached hydrogen (secondary N) is 3. The van der Waals surface area contributed by atoms with Crippen LogP contribution >= 0.6 is 0 Å². The maximum absolute atomic E-state index is 12.1. The van der Waals surface area contributed by atoms with Crippen molar-refractivity contribution in [1.82, 2.24) is 25.1 Å². The van der Waals surface area contributed by atoms with Gasteiger partial charge in [0, 0.05) is 14.1 Å². The van der Waals surface area contributed by atoms with Crippen LogP contribution in [0.15, 0.2) is 15.9 Å². The molecule has 2 aromatic rings. The lowest BCUT2D eigenvalue weighted by atomic mass is 10.2. The van der Waals surface area contributed by atoms with Crippen molar-refractivity contribution < 1.29 is 9.53 Å². The summed E-state index contributed by atoms with van der Waals surface area (Å²) < 4.78 is 5.39. The predicted molar refractivity (Wildman–Crippen MR) is 71.1 cm³/mol. The van der Waals surface area contributed by atoms with Gasteiger partial charge in [-0.05, 0) is 0 Å². The van der Waals surface area contributed by atoms with Crippen LogP contribution in [0.2, 0.25) is 0 Å². The lowest BCUT2D eigenvalue weighted by Crippen LogP contribution is -2.28. The van der Waals surface area contributed by atoms with E-state index in [1.165, 1.54) is 4.90 Å². The van der Waals surface area contributed by atoms with Gasteiger partial charge in [0.1, 0.15) is 6.33 Å². The Bertz CT molecular complexity index is 853. The van der Waals surface area contributed by atoms with E-state index in [0.717, 1.165) is 6.33 Å². The maximum atomic E-state index is 12.1. The van der Waals surface area contributed by atoms with Gasteiger partial charge in [-0.3, -0.25) is 24.6 Å². The molecule has 21 heavy (non-hydrogen) atoms. The van der Waals surface area contributed by atoms with Crippen molar-refractivity contribution in [3.63, 3.8) is 0 Å².